The number of aryl methyl sites for hydroxylation is 2. The molecule has 1 aromatic carbocycles. The Bertz CT molecular complexity index is 563. The number of halogens is 1. The van der Waals surface area contributed by atoms with Crippen LogP contribution < -0.4 is 10.6 Å². The van der Waals surface area contributed by atoms with Gasteiger partial charge in [0, 0.05) is 28.5 Å². The van der Waals surface area contributed by atoms with Crippen LogP contribution in [0.1, 0.15) is 18.2 Å². The van der Waals surface area contributed by atoms with E-state index in [1.165, 1.54) is 5.56 Å². The van der Waals surface area contributed by atoms with Crippen LogP contribution in [0.3, 0.4) is 0 Å². The first-order chi connectivity index (χ1) is 9.06. The van der Waals surface area contributed by atoms with Gasteiger partial charge in [0.1, 0.15) is 5.82 Å². The molecule has 4 nitrogen and oxygen atoms in total. The molecule has 0 fully saturated rings. The van der Waals surface area contributed by atoms with Crippen LogP contribution in [0.5, 0.6) is 0 Å². The van der Waals surface area contributed by atoms with E-state index in [9.17, 15) is 0 Å². The van der Waals surface area contributed by atoms with Crippen molar-refractivity contribution < 1.29 is 0 Å². The Balaban J connectivity index is 2.27. The Morgan fingerprint density at radius 2 is 1.89 bits per heavy atom. The van der Waals surface area contributed by atoms with E-state index in [4.69, 9.17) is 0 Å². The monoisotopic (exact) mass is 320 g/mol. The lowest BCUT2D eigenvalue weighted by atomic mass is 10.2. The van der Waals surface area contributed by atoms with Crippen molar-refractivity contribution in [3.05, 3.63) is 40.0 Å². The van der Waals surface area contributed by atoms with E-state index in [-0.39, 0.29) is 0 Å². The van der Waals surface area contributed by atoms with Gasteiger partial charge in [0.05, 0.1) is 0 Å². The van der Waals surface area contributed by atoms with Gasteiger partial charge >= 0.3 is 0 Å². The summed E-state index contributed by atoms with van der Waals surface area (Å²) in [4.78, 5) is 8.76. The summed E-state index contributed by atoms with van der Waals surface area (Å²) < 4.78 is 1.05. The maximum Gasteiger partial charge on any atom is 0.224 e. The summed E-state index contributed by atoms with van der Waals surface area (Å²) >= 11 is 3.50. The maximum absolute atomic E-state index is 4.43. The highest BCUT2D eigenvalue weighted by Gasteiger charge is 2.03. The lowest BCUT2D eigenvalue weighted by Gasteiger charge is -2.10. The highest BCUT2D eigenvalue weighted by Crippen LogP contribution is 2.22. The zero-order chi connectivity index (χ0) is 13.8. The molecule has 0 bridgehead atoms. The lowest BCUT2D eigenvalue weighted by molar-refractivity contribution is 1.05. The van der Waals surface area contributed by atoms with Crippen molar-refractivity contribution in [3.63, 3.8) is 0 Å². The molecule has 0 unspecified atom stereocenters. The van der Waals surface area contributed by atoms with E-state index >= 15 is 0 Å². The van der Waals surface area contributed by atoms with Crippen LogP contribution >= 0.6 is 15.9 Å². The number of benzene rings is 1. The number of anilines is 3. The van der Waals surface area contributed by atoms with Crippen LogP contribution in [-0.4, -0.2) is 16.5 Å². The molecule has 0 aliphatic heterocycles. The molecule has 0 amide bonds. The summed E-state index contributed by atoms with van der Waals surface area (Å²) in [5.41, 5.74) is 3.13. The molecule has 1 heterocycles. The molecule has 0 saturated carbocycles. The molecule has 1 aromatic heterocycles. The number of aromatic nitrogens is 2. The van der Waals surface area contributed by atoms with E-state index in [1.807, 2.05) is 26.0 Å². The second kappa shape index (κ2) is 6.02. The van der Waals surface area contributed by atoms with Gasteiger partial charge in [-0.05, 0) is 44.5 Å². The van der Waals surface area contributed by atoms with Crippen molar-refractivity contribution in [2.45, 2.75) is 20.8 Å². The van der Waals surface area contributed by atoms with Gasteiger partial charge in [-0.25, -0.2) is 4.98 Å². The standard InChI is InChI=1S/C14H17BrN4/c1-4-16-14-17-10(3)7-13(19-14)18-12-6-9(2)5-11(15)8-12/h5-8H,4H2,1-3H3,(H2,16,17,18,19). The number of hydrogen-bond acceptors (Lipinski definition) is 4. The van der Waals surface area contributed by atoms with Crippen LogP contribution in [0.25, 0.3) is 0 Å². The van der Waals surface area contributed by atoms with E-state index in [0.717, 1.165) is 28.2 Å². The van der Waals surface area contributed by atoms with E-state index in [0.29, 0.717) is 5.95 Å². The molecule has 5 heteroatoms. The third kappa shape index (κ3) is 3.92. The highest BCUT2D eigenvalue weighted by molar-refractivity contribution is 9.10. The Labute approximate surface area is 121 Å². The molecule has 2 N–H and O–H groups in total. The molecule has 2 rings (SSSR count). The Kier molecular flexibility index (Phi) is 4.37. The van der Waals surface area contributed by atoms with Gasteiger partial charge in [-0.15, -0.1) is 0 Å². The average molecular weight is 321 g/mol. The van der Waals surface area contributed by atoms with Crippen molar-refractivity contribution >= 4 is 33.4 Å². The van der Waals surface area contributed by atoms with Crippen LogP contribution in [0, 0.1) is 13.8 Å². The molecular formula is C14H17BrN4. The fraction of sp³-hybridized carbons (Fsp3) is 0.286. The minimum Gasteiger partial charge on any atom is -0.354 e. The second-order valence-corrected chi connectivity index (χ2v) is 5.31. The normalized spacial score (nSPS) is 10.3. The first-order valence-corrected chi connectivity index (χ1v) is 7.00. The predicted octanol–water partition coefficient (Wildman–Crippen LogP) is 4.03. The lowest BCUT2D eigenvalue weighted by Crippen LogP contribution is -2.05. The van der Waals surface area contributed by atoms with Crippen molar-refractivity contribution in [2.24, 2.45) is 0 Å². The summed E-state index contributed by atoms with van der Waals surface area (Å²) in [5.74, 6) is 1.44. The van der Waals surface area contributed by atoms with Gasteiger partial charge < -0.3 is 10.6 Å². The molecular weight excluding hydrogens is 304 g/mol. The number of hydrogen-bond donors (Lipinski definition) is 2. The number of rotatable bonds is 4. The summed E-state index contributed by atoms with van der Waals surface area (Å²) in [7, 11) is 0. The summed E-state index contributed by atoms with van der Waals surface area (Å²) in [5, 5.41) is 6.43. The smallest absolute Gasteiger partial charge is 0.224 e. The molecule has 100 valence electrons. The summed E-state index contributed by atoms with van der Waals surface area (Å²) in [6.07, 6.45) is 0. The van der Waals surface area contributed by atoms with Crippen molar-refractivity contribution in [1.82, 2.24) is 9.97 Å². The Morgan fingerprint density at radius 1 is 1.11 bits per heavy atom. The third-order valence-corrected chi connectivity index (χ3v) is 2.96. The van der Waals surface area contributed by atoms with Gasteiger partial charge in [0.2, 0.25) is 5.95 Å². The summed E-state index contributed by atoms with van der Waals surface area (Å²) in [6, 6.07) is 8.10. The third-order valence-electron chi connectivity index (χ3n) is 2.50. The molecule has 0 aliphatic carbocycles. The van der Waals surface area contributed by atoms with E-state index in [1.54, 1.807) is 0 Å². The Morgan fingerprint density at radius 3 is 2.58 bits per heavy atom. The average Bonchev–Trinajstić information content (AvgIpc) is 2.26. The van der Waals surface area contributed by atoms with Gasteiger partial charge in [-0.1, -0.05) is 15.9 Å². The van der Waals surface area contributed by atoms with Crippen LogP contribution in [0.4, 0.5) is 17.5 Å². The quantitative estimate of drug-likeness (QED) is 0.892. The second-order valence-electron chi connectivity index (χ2n) is 4.39. The fourth-order valence-electron chi connectivity index (χ4n) is 1.83. The number of nitrogens with one attached hydrogen (secondary N) is 2. The molecule has 0 saturated heterocycles. The largest absolute Gasteiger partial charge is 0.354 e. The fourth-order valence-corrected chi connectivity index (χ4v) is 2.43. The zero-order valence-electron chi connectivity index (χ0n) is 11.3. The summed E-state index contributed by atoms with van der Waals surface area (Å²) in [6.45, 7) is 6.85. The topological polar surface area (TPSA) is 49.8 Å². The van der Waals surface area contributed by atoms with Gasteiger partial charge in [0.15, 0.2) is 0 Å². The van der Waals surface area contributed by atoms with Gasteiger partial charge in [-0.3, -0.25) is 0 Å². The predicted molar refractivity (Wildman–Crippen MR) is 83.1 cm³/mol. The van der Waals surface area contributed by atoms with Crippen molar-refractivity contribution in [2.75, 3.05) is 17.2 Å². The van der Waals surface area contributed by atoms with Crippen molar-refractivity contribution in [3.8, 4) is 0 Å². The SMILES string of the molecule is CCNc1nc(C)cc(Nc2cc(C)cc(Br)c2)n1. The minimum absolute atomic E-state index is 0.650. The molecule has 0 aliphatic rings. The first-order valence-electron chi connectivity index (χ1n) is 6.20. The first kappa shape index (κ1) is 13.8. The van der Waals surface area contributed by atoms with Gasteiger partial charge in [-0.2, -0.15) is 4.98 Å². The van der Waals surface area contributed by atoms with Crippen molar-refractivity contribution in [1.29, 1.82) is 0 Å². The highest BCUT2D eigenvalue weighted by atomic mass is 79.9. The van der Waals surface area contributed by atoms with Crippen LogP contribution in [0.2, 0.25) is 0 Å². The minimum atomic E-state index is 0.650. The van der Waals surface area contributed by atoms with E-state index in [2.05, 4.69) is 55.6 Å². The Hall–Kier alpha value is -1.62. The number of nitrogens with zero attached hydrogens (tertiary/aromatic N) is 2. The molecule has 19 heavy (non-hydrogen) atoms. The molecule has 0 radical (unpaired) electrons. The molecule has 0 spiro atoms. The molecule has 2 aromatic rings. The molecule has 0 atom stereocenters. The zero-order valence-corrected chi connectivity index (χ0v) is 12.9. The van der Waals surface area contributed by atoms with E-state index < -0.39 is 0 Å². The van der Waals surface area contributed by atoms with Crippen LogP contribution in [0.15, 0.2) is 28.7 Å². The van der Waals surface area contributed by atoms with Crippen LogP contribution in [-0.2, 0) is 0 Å². The van der Waals surface area contributed by atoms with Gasteiger partial charge in [0.25, 0.3) is 0 Å². The maximum atomic E-state index is 4.43.